The van der Waals surface area contributed by atoms with E-state index in [1.807, 2.05) is 27.7 Å². The summed E-state index contributed by atoms with van der Waals surface area (Å²) >= 11 is 0. The second-order valence-electron chi connectivity index (χ2n) is 5.35. The van der Waals surface area contributed by atoms with Crippen LogP contribution in [0.3, 0.4) is 0 Å². The number of carbonyl (C=O) groups is 2. The van der Waals surface area contributed by atoms with E-state index in [0.717, 1.165) is 38.8 Å². The predicted octanol–water partition coefficient (Wildman–Crippen LogP) is 2.89. The van der Waals surface area contributed by atoms with Gasteiger partial charge in [0.1, 0.15) is 6.61 Å². The fourth-order valence-electron chi connectivity index (χ4n) is 1.78. The Morgan fingerprint density at radius 3 is 1.77 bits per heavy atom. The van der Waals surface area contributed by atoms with Crippen LogP contribution in [0.2, 0.25) is 0 Å². The summed E-state index contributed by atoms with van der Waals surface area (Å²) in [6.07, 6.45) is 6.70. The molecule has 2 N–H and O–H groups in total. The van der Waals surface area contributed by atoms with Crippen molar-refractivity contribution in [2.45, 2.75) is 66.2 Å². The van der Waals surface area contributed by atoms with E-state index in [2.05, 4.69) is 10.6 Å². The largest absolute Gasteiger partial charge is 0.375 e. The number of rotatable bonds is 12. The van der Waals surface area contributed by atoms with Gasteiger partial charge >= 0.3 is 0 Å². The van der Waals surface area contributed by atoms with Crippen LogP contribution in [0.1, 0.15) is 66.2 Å². The Hall–Kier alpha value is -1.10. The van der Waals surface area contributed by atoms with Crippen molar-refractivity contribution in [3.05, 3.63) is 0 Å². The van der Waals surface area contributed by atoms with Crippen molar-refractivity contribution in [3.8, 4) is 0 Å². The Balaban J connectivity index is 0. The van der Waals surface area contributed by atoms with E-state index in [4.69, 9.17) is 4.74 Å². The highest BCUT2D eigenvalue weighted by Gasteiger charge is 2.04. The Labute approximate surface area is 136 Å². The van der Waals surface area contributed by atoms with E-state index in [-0.39, 0.29) is 24.3 Å². The number of ether oxygens (including phenoxy) is 1. The first-order valence-corrected chi connectivity index (χ1v) is 8.61. The molecule has 0 saturated heterocycles. The van der Waals surface area contributed by atoms with Crippen LogP contribution in [0.5, 0.6) is 0 Å². The highest BCUT2D eigenvalue weighted by atomic mass is 16.5. The Morgan fingerprint density at radius 1 is 0.864 bits per heavy atom. The number of methoxy groups -OCH3 is 1. The van der Waals surface area contributed by atoms with Crippen LogP contribution < -0.4 is 10.6 Å². The molecule has 0 spiro atoms. The van der Waals surface area contributed by atoms with Crippen LogP contribution in [-0.2, 0) is 14.3 Å². The van der Waals surface area contributed by atoms with Crippen molar-refractivity contribution in [2.24, 2.45) is 5.92 Å². The van der Waals surface area contributed by atoms with E-state index in [1.165, 1.54) is 20.0 Å². The van der Waals surface area contributed by atoms with Gasteiger partial charge in [0.15, 0.2) is 0 Å². The monoisotopic (exact) mass is 316 g/mol. The quantitative estimate of drug-likeness (QED) is 0.544. The molecule has 0 aromatic heterocycles. The minimum Gasteiger partial charge on any atom is -0.375 e. The maximum absolute atomic E-state index is 11.3. The summed E-state index contributed by atoms with van der Waals surface area (Å²) in [5.41, 5.74) is 0. The average molecular weight is 316 g/mol. The Kier molecular flexibility index (Phi) is 18.9. The summed E-state index contributed by atoms with van der Waals surface area (Å²) in [7, 11) is 1.52. The molecule has 2 amide bonds. The number of hydrogen-bond donors (Lipinski definition) is 2. The van der Waals surface area contributed by atoms with Gasteiger partial charge in [-0.2, -0.15) is 0 Å². The molecule has 0 aliphatic heterocycles. The van der Waals surface area contributed by atoms with Crippen LogP contribution >= 0.6 is 0 Å². The van der Waals surface area contributed by atoms with Crippen molar-refractivity contribution in [3.63, 3.8) is 0 Å². The zero-order valence-corrected chi connectivity index (χ0v) is 15.2. The van der Waals surface area contributed by atoms with Gasteiger partial charge in [-0.05, 0) is 12.8 Å². The molecule has 0 aromatic rings. The van der Waals surface area contributed by atoms with Crippen LogP contribution in [0.15, 0.2) is 0 Å². The molecule has 0 radical (unpaired) electrons. The van der Waals surface area contributed by atoms with E-state index in [0.29, 0.717) is 0 Å². The van der Waals surface area contributed by atoms with Gasteiger partial charge in [0.2, 0.25) is 11.8 Å². The van der Waals surface area contributed by atoms with Crippen molar-refractivity contribution in [1.29, 1.82) is 0 Å². The van der Waals surface area contributed by atoms with Crippen LogP contribution in [-0.4, -0.2) is 38.6 Å². The number of hydrogen-bond acceptors (Lipinski definition) is 3. The highest BCUT2D eigenvalue weighted by molar-refractivity contribution is 5.77. The van der Waals surface area contributed by atoms with Gasteiger partial charge in [-0.25, -0.2) is 0 Å². The standard InChI is InChI=1S/C15H30N2O3.C2H6/c1-13(2)15(19)17-11-9-7-5-4-6-8-10-16-14(18)12-20-3;1-2/h13H,4-12H2,1-3H3,(H,16,18)(H,17,19);1-2H3. The molecule has 132 valence electrons. The van der Waals surface area contributed by atoms with Gasteiger partial charge in [0, 0.05) is 26.1 Å². The average Bonchev–Trinajstić information content (AvgIpc) is 2.51. The predicted molar refractivity (Wildman–Crippen MR) is 91.8 cm³/mol. The molecule has 5 nitrogen and oxygen atoms in total. The lowest BCUT2D eigenvalue weighted by atomic mass is 10.1. The summed E-state index contributed by atoms with van der Waals surface area (Å²) in [4.78, 5) is 22.4. The number of carbonyl (C=O) groups excluding carboxylic acids is 2. The van der Waals surface area contributed by atoms with Crippen LogP contribution in [0.25, 0.3) is 0 Å². The summed E-state index contributed by atoms with van der Waals surface area (Å²) in [6, 6.07) is 0. The van der Waals surface area contributed by atoms with E-state index < -0.39 is 0 Å². The molecule has 0 fully saturated rings. The summed E-state index contributed by atoms with van der Waals surface area (Å²) in [5, 5.41) is 5.73. The molecule has 0 rings (SSSR count). The Morgan fingerprint density at radius 2 is 1.32 bits per heavy atom. The molecule has 22 heavy (non-hydrogen) atoms. The third-order valence-corrected chi connectivity index (χ3v) is 3.02. The molecule has 0 heterocycles. The molecule has 0 unspecified atom stereocenters. The van der Waals surface area contributed by atoms with E-state index in [9.17, 15) is 9.59 Å². The first-order chi connectivity index (χ1) is 10.6. The second kappa shape index (κ2) is 18.0. The molecular formula is C17H36N2O3. The highest BCUT2D eigenvalue weighted by Crippen LogP contribution is 2.04. The van der Waals surface area contributed by atoms with Gasteiger partial charge in [0.25, 0.3) is 0 Å². The van der Waals surface area contributed by atoms with E-state index >= 15 is 0 Å². The topological polar surface area (TPSA) is 67.4 Å². The molecule has 5 heteroatoms. The molecule has 0 atom stereocenters. The van der Waals surface area contributed by atoms with Crippen LogP contribution in [0, 0.1) is 5.92 Å². The van der Waals surface area contributed by atoms with Gasteiger partial charge < -0.3 is 15.4 Å². The van der Waals surface area contributed by atoms with E-state index in [1.54, 1.807) is 0 Å². The van der Waals surface area contributed by atoms with Crippen molar-refractivity contribution < 1.29 is 14.3 Å². The molecule has 0 saturated carbocycles. The van der Waals surface area contributed by atoms with Crippen LogP contribution in [0.4, 0.5) is 0 Å². The van der Waals surface area contributed by atoms with Gasteiger partial charge in [-0.1, -0.05) is 53.4 Å². The van der Waals surface area contributed by atoms with Gasteiger partial charge in [-0.15, -0.1) is 0 Å². The first-order valence-electron chi connectivity index (χ1n) is 8.61. The zero-order valence-electron chi connectivity index (χ0n) is 15.2. The smallest absolute Gasteiger partial charge is 0.245 e. The fourth-order valence-corrected chi connectivity index (χ4v) is 1.78. The number of unbranched alkanes of at least 4 members (excludes halogenated alkanes) is 5. The van der Waals surface area contributed by atoms with Crippen molar-refractivity contribution >= 4 is 11.8 Å². The van der Waals surface area contributed by atoms with Gasteiger partial charge in [-0.3, -0.25) is 9.59 Å². The third-order valence-electron chi connectivity index (χ3n) is 3.02. The third kappa shape index (κ3) is 17.0. The molecular weight excluding hydrogens is 280 g/mol. The number of amides is 2. The molecule has 0 aliphatic rings. The maximum Gasteiger partial charge on any atom is 0.245 e. The molecule has 0 aromatic carbocycles. The lowest BCUT2D eigenvalue weighted by Gasteiger charge is -2.07. The minimum atomic E-state index is -0.0478. The second-order valence-corrected chi connectivity index (χ2v) is 5.35. The number of nitrogens with one attached hydrogen (secondary N) is 2. The van der Waals surface area contributed by atoms with Crippen molar-refractivity contribution in [2.75, 3.05) is 26.8 Å². The zero-order chi connectivity index (χ0) is 17.2. The minimum absolute atomic E-state index is 0.0478. The SMILES string of the molecule is CC.COCC(=O)NCCCCCCCCNC(=O)C(C)C. The maximum atomic E-state index is 11.3. The summed E-state index contributed by atoms with van der Waals surface area (Å²) in [6.45, 7) is 9.46. The normalized spacial score (nSPS) is 9.91. The summed E-state index contributed by atoms with van der Waals surface area (Å²) in [5.74, 6) is 0.161. The lowest BCUT2D eigenvalue weighted by Crippen LogP contribution is -2.28. The first kappa shape index (κ1) is 23.2. The summed E-state index contributed by atoms with van der Waals surface area (Å²) < 4.78 is 4.73. The van der Waals surface area contributed by atoms with Crippen molar-refractivity contribution in [1.82, 2.24) is 10.6 Å². The lowest BCUT2D eigenvalue weighted by molar-refractivity contribution is -0.125. The van der Waals surface area contributed by atoms with Gasteiger partial charge in [0.05, 0.1) is 0 Å². The molecule has 0 aliphatic carbocycles. The Bertz CT molecular complexity index is 269. The molecule has 0 bridgehead atoms. The fraction of sp³-hybridized carbons (Fsp3) is 0.882.